The zero-order valence-electron chi connectivity index (χ0n) is 14.6. The van der Waals surface area contributed by atoms with Gasteiger partial charge in [-0.05, 0) is 25.0 Å². The molecule has 1 amide bonds. The molecule has 0 aliphatic heterocycles. The van der Waals surface area contributed by atoms with E-state index in [-0.39, 0.29) is 42.3 Å². The lowest BCUT2D eigenvalue weighted by Gasteiger charge is -2.17. The molecule has 1 aliphatic carbocycles. The van der Waals surface area contributed by atoms with Crippen LogP contribution in [0.5, 0.6) is 0 Å². The van der Waals surface area contributed by atoms with E-state index in [2.05, 4.69) is 10.3 Å². The van der Waals surface area contributed by atoms with E-state index < -0.39 is 17.6 Å². The first-order chi connectivity index (χ1) is 12.4. The second-order valence-corrected chi connectivity index (χ2v) is 6.82. The first-order valence-corrected chi connectivity index (χ1v) is 9.36. The maximum Gasteiger partial charge on any atom is 0.418 e. The number of benzene rings is 1. The zero-order valence-corrected chi connectivity index (χ0v) is 16.3. The first kappa shape index (κ1) is 23.4. The van der Waals surface area contributed by atoms with Crippen molar-refractivity contribution < 1.29 is 22.1 Å². The first-order valence-electron chi connectivity index (χ1n) is 8.45. The minimum absolute atomic E-state index is 0. The molecule has 1 fully saturated rings. The van der Waals surface area contributed by atoms with Crippen LogP contribution in [0.2, 0.25) is 0 Å². The second-order valence-electron chi connectivity index (χ2n) is 6.01. The molecule has 0 spiro atoms. The minimum Gasteiger partial charge on any atom is -0.391 e. The molecule has 1 aromatic rings. The van der Waals surface area contributed by atoms with Crippen LogP contribution in [-0.2, 0) is 15.2 Å². The quantitative estimate of drug-likeness (QED) is 0.298. The number of amides is 1. The van der Waals surface area contributed by atoms with Crippen molar-refractivity contribution in [3.63, 3.8) is 0 Å². The lowest BCUT2D eigenvalue weighted by atomic mass is 9.96. The number of nitrogens with two attached hydrogens (primary N) is 1. The number of rotatable bonds is 6. The van der Waals surface area contributed by atoms with Gasteiger partial charge in [-0.1, -0.05) is 31.4 Å². The van der Waals surface area contributed by atoms with E-state index in [1.54, 1.807) is 0 Å². The number of carbonyl (C=O) groups excluding carboxylic acids is 1. The maximum atomic E-state index is 12.9. The van der Waals surface area contributed by atoms with Crippen LogP contribution in [0.15, 0.2) is 29.3 Å². The molecule has 1 aromatic carbocycles. The van der Waals surface area contributed by atoms with Crippen molar-refractivity contribution in [2.24, 2.45) is 10.7 Å². The summed E-state index contributed by atoms with van der Waals surface area (Å²) in [6.07, 6.45) is 0.946. The van der Waals surface area contributed by atoms with Gasteiger partial charge in [0.1, 0.15) is 0 Å². The summed E-state index contributed by atoms with van der Waals surface area (Å²) in [6.45, 7) is 0. The molecule has 0 unspecified atom stereocenters. The van der Waals surface area contributed by atoms with Crippen LogP contribution < -0.4 is 11.1 Å². The summed E-state index contributed by atoms with van der Waals surface area (Å²) in [5.41, 5.74) is 4.56. The Morgan fingerprint density at radius 1 is 1.26 bits per heavy atom. The lowest BCUT2D eigenvalue weighted by Crippen LogP contribution is -2.20. The highest BCUT2D eigenvalue weighted by Gasteiger charge is 2.33. The van der Waals surface area contributed by atoms with Gasteiger partial charge in [-0.25, -0.2) is 4.99 Å². The van der Waals surface area contributed by atoms with Gasteiger partial charge in [0.25, 0.3) is 6.02 Å². The molecule has 1 saturated carbocycles. The average Bonchev–Trinajstić information content (AvgIpc) is 2.59. The van der Waals surface area contributed by atoms with E-state index in [1.807, 2.05) is 0 Å². The summed E-state index contributed by atoms with van der Waals surface area (Å²) in [6, 6.07) is 5.12. The molecule has 152 valence electrons. The number of halogens is 4. The Balaban J connectivity index is 0.00000364. The van der Waals surface area contributed by atoms with Crippen molar-refractivity contribution in [1.82, 2.24) is 0 Å². The normalized spacial score (nSPS) is 15.7. The Morgan fingerprint density at radius 2 is 1.93 bits per heavy atom. The predicted octanol–water partition coefficient (Wildman–Crippen LogP) is 4.77. The van der Waals surface area contributed by atoms with Crippen molar-refractivity contribution in [3.8, 4) is 0 Å². The molecule has 0 saturated heterocycles. The van der Waals surface area contributed by atoms with Crippen LogP contribution in [0.3, 0.4) is 0 Å². The van der Waals surface area contributed by atoms with Crippen molar-refractivity contribution >= 4 is 42.1 Å². The Morgan fingerprint density at radius 3 is 2.59 bits per heavy atom. The summed E-state index contributed by atoms with van der Waals surface area (Å²) >= 11 is 0.960. The molecule has 0 heterocycles. The summed E-state index contributed by atoms with van der Waals surface area (Å²) in [5, 5.41) is 2.28. The third kappa shape index (κ3) is 8.30. The van der Waals surface area contributed by atoms with Crippen LogP contribution in [0.1, 0.15) is 44.1 Å². The number of nitrogens with zero attached hydrogens (tertiary/aromatic N) is 1. The van der Waals surface area contributed by atoms with Gasteiger partial charge < -0.3 is 15.2 Å². The summed E-state index contributed by atoms with van der Waals surface area (Å²) < 4.78 is 43.9. The van der Waals surface area contributed by atoms with Gasteiger partial charge in [-0.2, -0.15) is 13.2 Å². The van der Waals surface area contributed by atoms with Crippen LogP contribution in [0.25, 0.3) is 0 Å². The molecule has 2 rings (SSSR count). The minimum atomic E-state index is -4.52. The second kappa shape index (κ2) is 11.3. The highest BCUT2D eigenvalue weighted by molar-refractivity contribution is 7.95. The molecule has 27 heavy (non-hydrogen) atoms. The number of alkyl halides is 3. The summed E-state index contributed by atoms with van der Waals surface area (Å²) in [4.78, 5) is 16.1. The average molecular weight is 426 g/mol. The molecule has 0 aromatic heterocycles. The predicted molar refractivity (Wildman–Crippen MR) is 104 cm³/mol. The number of hydrogen-bond donors (Lipinski definition) is 2. The van der Waals surface area contributed by atoms with Gasteiger partial charge >= 0.3 is 6.18 Å². The summed E-state index contributed by atoms with van der Waals surface area (Å²) in [5.74, 6) is -0.276. The topological polar surface area (TPSA) is 76.7 Å². The third-order valence-corrected chi connectivity index (χ3v) is 4.61. The number of anilines is 1. The van der Waals surface area contributed by atoms with Gasteiger partial charge in [-0.3, -0.25) is 4.79 Å². The SMILES string of the molecule is Cl.NC(=NC1CCCCC1)OSCCC(=O)Nc1ccccc1C(F)(F)F. The van der Waals surface area contributed by atoms with Crippen molar-refractivity contribution in [2.75, 3.05) is 11.1 Å². The number of amidine groups is 1. The van der Waals surface area contributed by atoms with Gasteiger partial charge in [0, 0.05) is 12.2 Å². The molecular weight excluding hydrogens is 403 g/mol. The molecule has 10 heteroatoms. The van der Waals surface area contributed by atoms with Crippen LogP contribution in [0, 0.1) is 0 Å². The van der Waals surface area contributed by atoms with Gasteiger partial charge in [-0.15, -0.1) is 12.4 Å². The van der Waals surface area contributed by atoms with E-state index in [9.17, 15) is 18.0 Å². The molecule has 0 bridgehead atoms. The molecule has 0 atom stereocenters. The van der Waals surface area contributed by atoms with Gasteiger partial charge in [0.15, 0.2) is 0 Å². The highest BCUT2D eigenvalue weighted by atomic mass is 35.5. The van der Waals surface area contributed by atoms with Crippen molar-refractivity contribution in [1.29, 1.82) is 0 Å². The van der Waals surface area contributed by atoms with Crippen molar-refractivity contribution in [3.05, 3.63) is 29.8 Å². The Hall–Kier alpha value is -1.61. The molecular formula is C17H23ClF3N3O2S. The van der Waals surface area contributed by atoms with E-state index in [0.717, 1.165) is 43.8 Å². The number of hydrogen-bond acceptors (Lipinski definition) is 4. The Kier molecular flexibility index (Phi) is 9.79. The van der Waals surface area contributed by atoms with E-state index in [4.69, 9.17) is 9.92 Å². The molecule has 0 radical (unpaired) electrons. The lowest BCUT2D eigenvalue weighted by molar-refractivity contribution is -0.137. The standard InChI is InChI=1S/C17H22F3N3O2S.ClH/c18-17(19,20)13-8-4-5-9-14(13)23-15(24)10-11-26-25-16(21)22-12-6-2-1-3-7-12;/h4-5,8-9,12H,1-3,6-7,10-11H2,(H2,21,22)(H,23,24);1H. The van der Waals surface area contributed by atoms with Crippen LogP contribution >= 0.6 is 24.4 Å². The fourth-order valence-electron chi connectivity index (χ4n) is 2.70. The smallest absolute Gasteiger partial charge is 0.391 e. The number of aliphatic imine (C=N–C) groups is 1. The summed E-state index contributed by atoms with van der Waals surface area (Å²) in [7, 11) is 0. The molecule has 1 aliphatic rings. The van der Waals surface area contributed by atoms with Crippen LogP contribution in [0.4, 0.5) is 18.9 Å². The molecule has 3 N–H and O–H groups in total. The monoisotopic (exact) mass is 425 g/mol. The fraction of sp³-hybridized carbons (Fsp3) is 0.529. The third-order valence-electron chi connectivity index (χ3n) is 3.95. The number of nitrogens with one attached hydrogen (secondary N) is 1. The molecule has 5 nitrogen and oxygen atoms in total. The Bertz CT molecular complexity index is 638. The zero-order chi connectivity index (χ0) is 19.0. The maximum absolute atomic E-state index is 12.9. The number of para-hydroxylation sites is 1. The van der Waals surface area contributed by atoms with Gasteiger partial charge in [0.05, 0.1) is 29.3 Å². The van der Waals surface area contributed by atoms with Gasteiger partial charge in [0.2, 0.25) is 5.91 Å². The fourth-order valence-corrected chi connectivity index (χ4v) is 3.22. The van der Waals surface area contributed by atoms with E-state index in [1.165, 1.54) is 24.6 Å². The van der Waals surface area contributed by atoms with E-state index in [0.29, 0.717) is 0 Å². The highest BCUT2D eigenvalue weighted by Crippen LogP contribution is 2.34. The number of carbonyl (C=O) groups is 1. The Labute approximate surface area is 166 Å². The van der Waals surface area contributed by atoms with Crippen molar-refractivity contribution in [2.45, 2.75) is 50.7 Å². The largest absolute Gasteiger partial charge is 0.418 e. The van der Waals surface area contributed by atoms with E-state index >= 15 is 0 Å². The van der Waals surface area contributed by atoms with Crippen LogP contribution in [-0.4, -0.2) is 23.7 Å².